The summed E-state index contributed by atoms with van der Waals surface area (Å²) < 4.78 is 47.5. The van der Waals surface area contributed by atoms with Crippen LogP contribution in [0.4, 0.5) is 30.6 Å². The van der Waals surface area contributed by atoms with Gasteiger partial charge in [-0.15, -0.1) is 0 Å². The number of carbonyl (C=O) groups excluding carboxylic acids is 1. The minimum atomic E-state index is -4.62. The largest absolute Gasteiger partial charge is 0.492 e. The molecule has 2 aromatic rings. The molecular weight excluding hydrogens is 477 g/mol. The lowest BCUT2D eigenvalue weighted by atomic mass is 10.3. The predicted octanol–water partition coefficient (Wildman–Crippen LogP) is 3.26. The normalized spacial score (nSPS) is 14.2. The number of halogens is 3. The van der Waals surface area contributed by atoms with Gasteiger partial charge in [0.05, 0.1) is 24.2 Å². The van der Waals surface area contributed by atoms with E-state index in [0.29, 0.717) is 37.4 Å². The third-order valence-electron chi connectivity index (χ3n) is 5.80. The van der Waals surface area contributed by atoms with Crippen LogP contribution in [0.1, 0.15) is 31.5 Å². The lowest BCUT2D eigenvalue weighted by molar-refractivity contribution is -0.137. The summed E-state index contributed by atoms with van der Waals surface area (Å²) in [5.41, 5.74) is 0.352. The van der Waals surface area contributed by atoms with E-state index in [9.17, 15) is 18.0 Å². The molecule has 198 valence electrons. The highest BCUT2D eigenvalue weighted by atomic mass is 19.4. The van der Waals surface area contributed by atoms with E-state index in [1.54, 1.807) is 21.9 Å². The van der Waals surface area contributed by atoms with Crippen LogP contribution in [0.5, 0.6) is 0 Å². The van der Waals surface area contributed by atoms with E-state index in [-0.39, 0.29) is 30.8 Å². The van der Waals surface area contributed by atoms with Crippen molar-refractivity contribution < 1.29 is 22.7 Å². The van der Waals surface area contributed by atoms with Crippen molar-refractivity contribution in [2.75, 3.05) is 56.5 Å². The molecule has 2 aromatic heterocycles. The summed E-state index contributed by atoms with van der Waals surface area (Å²) in [4.78, 5) is 23.8. The maximum Gasteiger partial charge on any atom is 0.421 e. The van der Waals surface area contributed by atoms with Crippen LogP contribution in [0.15, 0.2) is 24.7 Å². The number of nitrogens with zero attached hydrogens (tertiary/aromatic N) is 6. The second kappa shape index (κ2) is 12.6. The number of nitrogens with one attached hydrogen (secondary N) is 2. The summed E-state index contributed by atoms with van der Waals surface area (Å²) in [7, 11) is 0. The molecule has 0 radical (unpaired) electrons. The fraction of sp³-hybridized carbons (Fsp3) is 0.565. The topological polar surface area (TPSA) is 100 Å². The number of amides is 1. The Morgan fingerprint density at radius 3 is 2.72 bits per heavy atom. The fourth-order valence-electron chi connectivity index (χ4n) is 3.69. The van der Waals surface area contributed by atoms with Crippen LogP contribution in [0, 0.1) is 6.92 Å². The molecule has 3 rings (SSSR count). The summed E-state index contributed by atoms with van der Waals surface area (Å²) in [5, 5.41) is 10.2. The van der Waals surface area contributed by atoms with Crippen molar-refractivity contribution >= 4 is 23.4 Å². The third-order valence-corrected chi connectivity index (χ3v) is 5.80. The van der Waals surface area contributed by atoms with Gasteiger partial charge in [-0.2, -0.15) is 23.3 Å². The van der Waals surface area contributed by atoms with E-state index in [1.165, 1.54) is 6.26 Å². The number of alkyl halides is 3. The standard InChI is InChI=1S/C23H33F3N8O2/c1-4-32(5-2)11-12-34-15-19(17(3)31-34)29-22-28-14-18(23(24,25)26)21(30-22)27-8-6-9-33-10-7-13-36-16-20(33)35/h7,13-15H,4-6,8-12,16H2,1-3H3,(H2,27,28,29,30). The lowest BCUT2D eigenvalue weighted by Crippen LogP contribution is -2.34. The first-order valence-corrected chi connectivity index (χ1v) is 12.0. The van der Waals surface area contributed by atoms with Gasteiger partial charge in [-0.05, 0) is 32.5 Å². The van der Waals surface area contributed by atoms with Crippen molar-refractivity contribution in [3.8, 4) is 0 Å². The summed E-state index contributed by atoms with van der Waals surface area (Å²) in [6.07, 6.45) is 1.56. The molecular formula is C23H33F3N8O2. The molecule has 0 spiro atoms. The Morgan fingerprint density at radius 1 is 1.22 bits per heavy atom. The number of aryl methyl sites for hydroxylation is 1. The van der Waals surface area contributed by atoms with E-state index < -0.39 is 11.7 Å². The molecule has 0 aliphatic carbocycles. The third kappa shape index (κ3) is 7.57. The maximum absolute atomic E-state index is 13.5. The average Bonchev–Trinajstić information content (AvgIpc) is 3.04. The highest BCUT2D eigenvalue weighted by molar-refractivity contribution is 5.77. The highest BCUT2D eigenvalue weighted by Crippen LogP contribution is 2.34. The van der Waals surface area contributed by atoms with Crippen LogP contribution in [0.2, 0.25) is 0 Å². The monoisotopic (exact) mass is 510 g/mol. The Kier molecular flexibility index (Phi) is 9.51. The van der Waals surface area contributed by atoms with Gasteiger partial charge in [0.1, 0.15) is 11.4 Å². The van der Waals surface area contributed by atoms with Gasteiger partial charge in [0.25, 0.3) is 5.91 Å². The van der Waals surface area contributed by atoms with E-state index in [0.717, 1.165) is 25.8 Å². The van der Waals surface area contributed by atoms with E-state index in [4.69, 9.17) is 4.74 Å². The van der Waals surface area contributed by atoms with Crippen molar-refractivity contribution in [1.29, 1.82) is 0 Å². The Morgan fingerprint density at radius 2 is 2.00 bits per heavy atom. The minimum Gasteiger partial charge on any atom is -0.492 e. The van der Waals surface area contributed by atoms with E-state index in [1.807, 2.05) is 6.92 Å². The summed E-state index contributed by atoms with van der Waals surface area (Å²) in [6, 6.07) is 0. The van der Waals surface area contributed by atoms with Crippen LogP contribution >= 0.6 is 0 Å². The maximum atomic E-state index is 13.5. The zero-order valence-corrected chi connectivity index (χ0v) is 20.8. The zero-order valence-electron chi connectivity index (χ0n) is 20.8. The molecule has 0 saturated heterocycles. The molecule has 10 nitrogen and oxygen atoms in total. The van der Waals surface area contributed by atoms with Gasteiger partial charge in [-0.1, -0.05) is 13.8 Å². The minimum absolute atomic E-state index is 0.0295. The number of rotatable bonds is 12. The molecule has 1 aliphatic rings. The Labute approximate surface area is 208 Å². The molecule has 0 saturated carbocycles. The van der Waals surface area contributed by atoms with Crippen LogP contribution in [-0.4, -0.2) is 81.3 Å². The van der Waals surface area contributed by atoms with Crippen molar-refractivity contribution in [2.45, 2.75) is 39.9 Å². The Hall–Kier alpha value is -3.35. The van der Waals surface area contributed by atoms with Gasteiger partial charge >= 0.3 is 6.18 Å². The molecule has 0 aromatic carbocycles. The van der Waals surface area contributed by atoms with Gasteiger partial charge in [-0.3, -0.25) is 9.48 Å². The molecule has 0 unspecified atom stereocenters. The summed E-state index contributed by atoms with van der Waals surface area (Å²) in [6.45, 7) is 10.3. The van der Waals surface area contributed by atoms with Crippen LogP contribution < -0.4 is 10.6 Å². The van der Waals surface area contributed by atoms with Crippen LogP contribution in [0.25, 0.3) is 0 Å². The fourth-order valence-corrected chi connectivity index (χ4v) is 3.69. The van der Waals surface area contributed by atoms with Gasteiger partial charge in [0.2, 0.25) is 5.95 Å². The van der Waals surface area contributed by atoms with Crippen LogP contribution in [0.3, 0.4) is 0 Å². The number of anilines is 3. The summed E-state index contributed by atoms with van der Waals surface area (Å²) >= 11 is 0. The molecule has 0 atom stereocenters. The molecule has 1 aliphatic heterocycles. The van der Waals surface area contributed by atoms with Gasteiger partial charge in [0.15, 0.2) is 6.61 Å². The Balaban J connectivity index is 1.65. The average molecular weight is 511 g/mol. The number of carbonyl (C=O) groups is 1. The number of ether oxygens (including phenoxy) is 1. The Bertz CT molecular complexity index is 1040. The van der Waals surface area contributed by atoms with Crippen molar-refractivity contribution in [2.24, 2.45) is 0 Å². The highest BCUT2D eigenvalue weighted by Gasteiger charge is 2.35. The zero-order chi connectivity index (χ0) is 26.1. The molecule has 3 heterocycles. The second-order valence-electron chi connectivity index (χ2n) is 8.30. The first-order chi connectivity index (χ1) is 17.2. The quantitative estimate of drug-likeness (QED) is 0.420. The number of likely N-dealkylation sites (N-methyl/N-ethyl adjacent to an activating group) is 1. The van der Waals surface area contributed by atoms with E-state index >= 15 is 0 Å². The van der Waals surface area contributed by atoms with Crippen molar-refractivity contribution in [3.05, 3.63) is 36.0 Å². The predicted molar refractivity (Wildman–Crippen MR) is 130 cm³/mol. The van der Waals surface area contributed by atoms with Crippen molar-refractivity contribution in [3.63, 3.8) is 0 Å². The number of aromatic nitrogens is 4. The molecule has 0 bridgehead atoms. The van der Waals surface area contributed by atoms with Crippen molar-refractivity contribution in [1.82, 2.24) is 29.5 Å². The first kappa shape index (κ1) is 27.2. The van der Waals surface area contributed by atoms with Gasteiger partial charge < -0.3 is 25.2 Å². The molecule has 13 heteroatoms. The number of hydrogen-bond acceptors (Lipinski definition) is 8. The van der Waals surface area contributed by atoms with Gasteiger partial charge in [-0.25, -0.2) is 4.98 Å². The number of hydrogen-bond donors (Lipinski definition) is 2. The summed E-state index contributed by atoms with van der Waals surface area (Å²) in [5.74, 6) is -0.462. The van der Waals surface area contributed by atoms with Gasteiger partial charge in [0, 0.05) is 38.6 Å². The second-order valence-corrected chi connectivity index (χ2v) is 8.30. The molecule has 1 amide bonds. The molecule has 2 N–H and O–H groups in total. The SMILES string of the molecule is CCN(CC)CCn1cc(Nc2ncc(C(F)(F)F)c(NCCCN3CC=COCC3=O)n2)c(C)n1. The molecule has 0 fully saturated rings. The first-order valence-electron chi connectivity index (χ1n) is 12.0. The smallest absolute Gasteiger partial charge is 0.421 e. The lowest BCUT2D eigenvalue weighted by Gasteiger charge is -2.19. The molecule has 36 heavy (non-hydrogen) atoms. The van der Waals surface area contributed by atoms with E-state index in [2.05, 4.69) is 44.4 Å². The van der Waals surface area contributed by atoms with Crippen LogP contribution in [-0.2, 0) is 22.3 Å².